The molecule has 0 saturated carbocycles. The molecule has 0 saturated heterocycles. The molecule has 0 spiro atoms. The number of benzene rings is 13. The quantitative estimate of drug-likeness (QED) is 0.144. The fourth-order valence-electron chi connectivity index (χ4n) is 12.8. The van der Waals surface area contributed by atoms with Crippen LogP contribution in [0.25, 0.3) is 98.0 Å². The van der Waals surface area contributed by atoms with Crippen LogP contribution < -0.4 is 4.90 Å². The Bertz CT molecular complexity index is 4360. The minimum absolute atomic E-state index is 0.547. The summed E-state index contributed by atoms with van der Waals surface area (Å²) in [4.78, 5) is 2.55. The van der Waals surface area contributed by atoms with Gasteiger partial charge in [-0.2, -0.15) is 0 Å². The maximum Gasteiger partial charge on any atom is 0.0714 e. The predicted octanol–water partition coefficient (Wildman–Crippen LogP) is 19.2. The molecule has 0 bridgehead atoms. The number of nitrogens with zero attached hydrogens (tertiary/aromatic N) is 1. The molecule has 0 amide bonds. The van der Waals surface area contributed by atoms with E-state index in [1.165, 1.54) is 120 Å². The lowest BCUT2D eigenvalue weighted by Gasteiger charge is -2.34. The normalized spacial score (nSPS) is 12.8. The Kier molecular flexibility index (Phi) is 8.94. The highest BCUT2D eigenvalue weighted by atomic mass is 15.1. The fourth-order valence-corrected chi connectivity index (χ4v) is 12.8. The number of fused-ring (bicyclic) bond motifs is 5. The molecule has 0 aromatic heterocycles. The van der Waals surface area contributed by atoms with Crippen LogP contribution in [-0.2, 0) is 5.41 Å². The van der Waals surface area contributed by atoms with Crippen molar-refractivity contribution < 1.29 is 0 Å². The van der Waals surface area contributed by atoms with Crippen molar-refractivity contribution in [2.45, 2.75) is 5.41 Å². The molecule has 14 aromatic rings. The van der Waals surface area contributed by atoms with E-state index in [-0.39, 0.29) is 0 Å². The van der Waals surface area contributed by atoms with Gasteiger partial charge in [0.15, 0.2) is 0 Å². The van der Waals surface area contributed by atoms with Crippen LogP contribution in [0.4, 0.5) is 17.1 Å². The molecule has 0 N–H and O–H groups in total. The number of hydrogen-bond acceptors (Lipinski definition) is 1. The SMILES string of the molecule is c1ccc(-c2ccc(-c3ccc(N(c4cc5ccc6cccc7c8cccc9ccc%10cccc(c(c4)c5c67)c%10c98)c4cccc5c4-c4ccccc4C5(c4ccccc4)c4ccccc4)cc3)cc2)cc1. The van der Waals surface area contributed by atoms with Crippen LogP contribution in [0.5, 0.6) is 0 Å². The summed E-state index contributed by atoms with van der Waals surface area (Å²) in [6.07, 6.45) is 0. The van der Waals surface area contributed by atoms with Gasteiger partial charge in [0.2, 0.25) is 0 Å². The van der Waals surface area contributed by atoms with Crippen molar-refractivity contribution in [2.24, 2.45) is 0 Å². The van der Waals surface area contributed by atoms with E-state index < -0.39 is 5.41 Å². The minimum atomic E-state index is -0.547. The van der Waals surface area contributed by atoms with Gasteiger partial charge in [0.05, 0.1) is 11.1 Å². The van der Waals surface area contributed by atoms with Gasteiger partial charge in [0.25, 0.3) is 0 Å². The highest BCUT2D eigenvalue weighted by molar-refractivity contribution is 6.37. The zero-order valence-corrected chi connectivity index (χ0v) is 39.4. The van der Waals surface area contributed by atoms with Crippen LogP contribution in [0.15, 0.2) is 273 Å². The summed E-state index contributed by atoms with van der Waals surface area (Å²) >= 11 is 0. The molecular weight excluding hydrogens is 867 g/mol. The van der Waals surface area contributed by atoms with Crippen molar-refractivity contribution in [1.29, 1.82) is 0 Å². The van der Waals surface area contributed by atoms with Crippen LogP contribution in [0.2, 0.25) is 0 Å². The smallest absolute Gasteiger partial charge is 0.0714 e. The summed E-state index contributed by atoms with van der Waals surface area (Å²) in [6.45, 7) is 0. The van der Waals surface area contributed by atoms with Crippen LogP contribution in [0, 0.1) is 0 Å². The molecule has 1 aliphatic carbocycles. The number of hydrogen-bond donors (Lipinski definition) is 0. The standard InChI is InChI=1S/C71H45N/c1-4-16-46(17-5-1)47-32-34-48(35-33-47)49-40-42-56(43-41-49)72(65-31-15-30-64-70(65)61-25-10-11-29-63(61)71(64,54-21-6-2-7-22-54)55-23-8-3-9-24-55)57-44-53-39-38-52-19-13-27-59-58-26-12-18-50-36-37-51-20-14-28-60(68(51)66(50)58)62(45-57)69(53)67(52)59/h1-45H. The number of anilines is 3. The molecule has 0 fully saturated rings. The molecule has 0 atom stereocenters. The Hall–Kier alpha value is -9.30. The maximum atomic E-state index is 2.55. The van der Waals surface area contributed by atoms with Gasteiger partial charge in [0.1, 0.15) is 0 Å². The average molecular weight is 912 g/mol. The largest absolute Gasteiger partial charge is 0.310 e. The Labute approximate surface area is 418 Å². The highest BCUT2D eigenvalue weighted by Crippen LogP contribution is 2.60. The average Bonchev–Trinajstić information content (AvgIpc) is 3.76. The Morgan fingerprint density at radius 1 is 0.264 bits per heavy atom. The molecule has 72 heavy (non-hydrogen) atoms. The molecule has 0 aliphatic heterocycles. The monoisotopic (exact) mass is 911 g/mol. The fraction of sp³-hybridized carbons (Fsp3) is 0.0141. The van der Waals surface area contributed by atoms with Crippen LogP contribution in [0.3, 0.4) is 0 Å². The second-order valence-electron chi connectivity index (χ2n) is 19.5. The topological polar surface area (TPSA) is 3.24 Å². The van der Waals surface area contributed by atoms with Gasteiger partial charge in [-0.15, -0.1) is 0 Å². The molecule has 334 valence electrons. The summed E-state index contributed by atoms with van der Waals surface area (Å²) in [5.41, 5.74) is 15.1. The van der Waals surface area contributed by atoms with Gasteiger partial charge < -0.3 is 4.90 Å². The molecule has 1 heteroatoms. The Balaban J connectivity index is 1.04. The van der Waals surface area contributed by atoms with E-state index in [4.69, 9.17) is 0 Å². The minimum Gasteiger partial charge on any atom is -0.310 e. The van der Waals surface area contributed by atoms with Crippen molar-refractivity contribution in [2.75, 3.05) is 4.90 Å². The second kappa shape index (κ2) is 15.9. The first-order chi connectivity index (χ1) is 35.7. The van der Waals surface area contributed by atoms with E-state index in [9.17, 15) is 0 Å². The van der Waals surface area contributed by atoms with E-state index in [1.807, 2.05) is 0 Å². The van der Waals surface area contributed by atoms with Gasteiger partial charge in [-0.1, -0.05) is 243 Å². The first-order valence-corrected chi connectivity index (χ1v) is 25.1. The van der Waals surface area contributed by atoms with Gasteiger partial charge in [-0.25, -0.2) is 0 Å². The zero-order valence-electron chi connectivity index (χ0n) is 39.4. The lowest BCUT2D eigenvalue weighted by atomic mass is 9.68. The third-order valence-electron chi connectivity index (χ3n) is 15.8. The molecule has 1 nitrogen and oxygen atoms in total. The van der Waals surface area contributed by atoms with Crippen LogP contribution in [0.1, 0.15) is 22.3 Å². The summed E-state index contributed by atoms with van der Waals surface area (Å²) in [5.74, 6) is 0. The summed E-state index contributed by atoms with van der Waals surface area (Å²) in [7, 11) is 0. The molecule has 14 aromatic carbocycles. The van der Waals surface area contributed by atoms with E-state index >= 15 is 0 Å². The van der Waals surface area contributed by atoms with Gasteiger partial charge in [-0.3, -0.25) is 0 Å². The number of rotatable bonds is 7. The molecule has 0 unspecified atom stereocenters. The molecule has 0 heterocycles. The van der Waals surface area contributed by atoms with Crippen LogP contribution >= 0.6 is 0 Å². The third kappa shape index (κ3) is 5.89. The molecule has 15 rings (SSSR count). The molecule has 1 aliphatic rings. The summed E-state index contributed by atoms with van der Waals surface area (Å²) in [6, 6.07) is 102. The van der Waals surface area contributed by atoms with E-state index in [0.717, 1.165) is 17.1 Å². The van der Waals surface area contributed by atoms with Crippen molar-refractivity contribution in [3.8, 4) is 33.4 Å². The predicted molar refractivity (Wildman–Crippen MR) is 306 cm³/mol. The van der Waals surface area contributed by atoms with Gasteiger partial charge >= 0.3 is 0 Å². The zero-order chi connectivity index (χ0) is 47.3. The van der Waals surface area contributed by atoms with Crippen LogP contribution in [-0.4, -0.2) is 0 Å². The van der Waals surface area contributed by atoms with Crippen molar-refractivity contribution in [3.05, 3.63) is 295 Å². The molecule has 0 radical (unpaired) electrons. The van der Waals surface area contributed by atoms with Crippen molar-refractivity contribution in [3.63, 3.8) is 0 Å². The first kappa shape index (κ1) is 40.6. The van der Waals surface area contributed by atoms with E-state index in [2.05, 4.69) is 278 Å². The van der Waals surface area contributed by atoms with E-state index in [1.54, 1.807) is 0 Å². The lowest BCUT2D eigenvalue weighted by molar-refractivity contribution is 0.768. The van der Waals surface area contributed by atoms with E-state index in [0.29, 0.717) is 0 Å². The summed E-state index contributed by atoms with van der Waals surface area (Å²) < 4.78 is 0. The highest BCUT2D eigenvalue weighted by Gasteiger charge is 2.47. The lowest BCUT2D eigenvalue weighted by Crippen LogP contribution is -2.28. The second-order valence-corrected chi connectivity index (χ2v) is 19.5. The third-order valence-corrected chi connectivity index (χ3v) is 15.8. The maximum absolute atomic E-state index is 2.55. The first-order valence-electron chi connectivity index (χ1n) is 25.1. The van der Waals surface area contributed by atoms with Gasteiger partial charge in [-0.05, 0) is 145 Å². The Morgan fingerprint density at radius 2 is 0.694 bits per heavy atom. The molecular formula is C71H45N. The van der Waals surface area contributed by atoms with Gasteiger partial charge in [0, 0.05) is 16.9 Å². The summed E-state index contributed by atoms with van der Waals surface area (Å²) in [5, 5.41) is 15.2. The van der Waals surface area contributed by atoms with Crippen molar-refractivity contribution >= 4 is 81.7 Å². The van der Waals surface area contributed by atoms with Crippen molar-refractivity contribution in [1.82, 2.24) is 0 Å². The Morgan fingerprint density at radius 3 is 1.26 bits per heavy atom.